The maximum Gasteiger partial charge on any atom is 0.119 e. The average molecular weight is 239 g/mol. The van der Waals surface area contributed by atoms with Crippen LogP contribution in [0.1, 0.15) is 12.0 Å². The van der Waals surface area contributed by atoms with Gasteiger partial charge in [0.05, 0.1) is 0 Å². The van der Waals surface area contributed by atoms with Crippen molar-refractivity contribution in [3.05, 3.63) is 39.9 Å². The van der Waals surface area contributed by atoms with Crippen LogP contribution in [-0.4, -0.2) is 6.61 Å². The zero-order chi connectivity index (χ0) is 9.26. The van der Waals surface area contributed by atoms with E-state index in [-0.39, 0.29) is 0 Å². The largest absolute Gasteiger partial charge is 0.489 e. The Kier molecular flexibility index (Phi) is 2.40. The van der Waals surface area contributed by atoms with Crippen LogP contribution in [0.4, 0.5) is 0 Å². The van der Waals surface area contributed by atoms with Crippen molar-refractivity contribution in [2.24, 2.45) is 0 Å². The lowest BCUT2D eigenvalue weighted by atomic mass is 10.2. The van der Waals surface area contributed by atoms with Gasteiger partial charge in [-0.1, -0.05) is 33.6 Å². The molecule has 0 unspecified atom stereocenters. The third kappa shape index (κ3) is 2.34. The van der Waals surface area contributed by atoms with Crippen molar-refractivity contribution in [3.8, 4) is 5.75 Å². The van der Waals surface area contributed by atoms with Crippen LogP contribution < -0.4 is 4.74 Å². The summed E-state index contributed by atoms with van der Waals surface area (Å²) in [6.45, 7) is 2.80. The van der Waals surface area contributed by atoms with Gasteiger partial charge in [-0.25, -0.2) is 0 Å². The molecular weight excluding hydrogens is 228 g/mol. The van der Waals surface area contributed by atoms with Crippen molar-refractivity contribution in [1.82, 2.24) is 0 Å². The highest BCUT2D eigenvalue weighted by Gasteiger charge is 2.18. The molecule has 1 aliphatic rings. The van der Waals surface area contributed by atoms with Gasteiger partial charge in [0.25, 0.3) is 0 Å². The lowest BCUT2D eigenvalue weighted by Gasteiger charge is -2.02. The molecule has 0 spiro atoms. The molecule has 1 aliphatic carbocycles. The highest BCUT2D eigenvalue weighted by atomic mass is 79.9. The Bertz CT molecular complexity index is 338. The Morgan fingerprint density at radius 1 is 1.31 bits per heavy atom. The van der Waals surface area contributed by atoms with Gasteiger partial charge in [-0.15, -0.1) is 0 Å². The van der Waals surface area contributed by atoms with E-state index in [2.05, 4.69) is 35.0 Å². The van der Waals surface area contributed by atoms with Crippen molar-refractivity contribution < 1.29 is 4.74 Å². The van der Waals surface area contributed by atoms with E-state index in [0.717, 1.165) is 18.8 Å². The fourth-order valence-electron chi connectivity index (χ4n) is 1.08. The molecule has 0 aromatic heterocycles. The molecule has 0 atom stereocenters. The number of ether oxygens (including phenoxy) is 1. The van der Waals surface area contributed by atoms with E-state index < -0.39 is 0 Å². The van der Waals surface area contributed by atoms with E-state index in [1.165, 1.54) is 15.6 Å². The maximum atomic E-state index is 5.57. The minimum absolute atomic E-state index is 0.726. The van der Waals surface area contributed by atoms with Crippen molar-refractivity contribution >= 4 is 15.9 Å². The first kappa shape index (κ1) is 8.82. The first-order valence-electron chi connectivity index (χ1n) is 4.31. The zero-order valence-corrected chi connectivity index (χ0v) is 9.10. The Morgan fingerprint density at radius 3 is 2.46 bits per heavy atom. The molecule has 0 heterocycles. The Balaban J connectivity index is 1.91. The Labute approximate surface area is 86.5 Å². The highest BCUT2D eigenvalue weighted by molar-refractivity contribution is 9.12. The van der Waals surface area contributed by atoms with Gasteiger partial charge in [0.1, 0.15) is 12.4 Å². The van der Waals surface area contributed by atoms with Crippen LogP contribution in [0, 0.1) is 6.92 Å². The molecule has 0 bridgehead atoms. The van der Waals surface area contributed by atoms with Gasteiger partial charge in [0.2, 0.25) is 0 Å². The number of allylic oxidation sites excluding steroid dienone is 1. The normalized spacial score (nSPS) is 14.6. The first-order chi connectivity index (χ1) is 6.25. The van der Waals surface area contributed by atoms with Gasteiger partial charge < -0.3 is 4.74 Å². The molecule has 1 nitrogen and oxygen atoms in total. The molecule has 68 valence electrons. The second-order valence-electron chi connectivity index (χ2n) is 3.29. The highest BCUT2D eigenvalue weighted by Crippen LogP contribution is 2.36. The van der Waals surface area contributed by atoms with Crippen LogP contribution in [0.2, 0.25) is 0 Å². The van der Waals surface area contributed by atoms with Crippen molar-refractivity contribution in [1.29, 1.82) is 0 Å². The molecule has 0 saturated heterocycles. The summed E-state index contributed by atoms with van der Waals surface area (Å²) < 4.78 is 6.87. The van der Waals surface area contributed by atoms with E-state index in [1.54, 1.807) is 0 Å². The van der Waals surface area contributed by atoms with Crippen LogP contribution in [0.15, 0.2) is 34.3 Å². The fraction of sp³-hybridized carbons (Fsp3) is 0.273. The summed E-state index contributed by atoms with van der Waals surface area (Å²) in [6.07, 6.45) is 1.09. The van der Waals surface area contributed by atoms with Crippen LogP contribution in [0.25, 0.3) is 0 Å². The van der Waals surface area contributed by atoms with Gasteiger partial charge >= 0.3 is 0 Å². The maximum absolute atomic E-state index is 5.57. The van der Waals surface area contributed by atoms with E-state index in [9.17, 15) is 0 Å². The number of benzene rings is 1. The Morgan fingerprint density at radius 2 is 1.92 bits per heavy atom. The molecule has 0 amide bonds. The predicted octanol–water partition coefficient (Wildman–Crippen LogP) is 3.43. The third-order valence-electron chi connectivity index (χ3n) is 2.06. The summed E-state index contributed by atoms with van der Waals surface area (Å²) >= 11 is 3.43. The topological polar surface area (TPSA) is 9.23 Å². The second kappa shape index (κ2) is 3.54. The summed E-state index contributed by atoms with van der Waals surface area (Å²) in [6, 6.07) is 8.13. The van der Waals surface area contributed by atoms with Gasteiger partial charge in [-0.3, -0.25) is 0 Å². The van der Waals surface area contributed by atoms with E-state index >= 15 is 0 Å². The molecule has 0 aliphatic heterocycles. The SMILES string of the molecule is Cc1ccc(OCC2=C(Br)C2)cc1. The van der Waals surface area contributed by atoms with Crippen molar-refractivity contribution in [2.45, 2.75) is 13.3 Å². The monoisotopic (exact) mass is 238 g/mol. The molecule has 2 heteroatoms. The van der Waals surface area contributed by atoms with Crippen molar-refractivity contribution in [2.75, 3.05) is 6.61 Å². The molecule has 2 rings (SSSR count). The van der Waals surface area contributed by atoms with Crippen LogP contribution in [0.3, 0.4) is 0 Å². The molecule has 13 heavy (non-hydrogen) atoms. The molecular formula is C11H11BrO. The predicted molar refractivity (Wildman–Crippen MR) is 57.2 cm³/mol. The lowest BCUT2D eigenvalue weighted by Crippen LogP contribution is -1.94. The van der Waals surface area contributed by atoms with Crippen LogP contribution in [-0.2, 0) is 0 Å². The standard InChI is InChI=1S/C11H11BrO/c1-8-2-4-10(5-3-8)13-7-9-6-11(9)12/h2-5H,6-7H2,1H3. The van der Waals surface area contributed by atoms with Gasteiger partial charge in [0.15, 0.2) is 0 Å². The molecule has 0 N–H and O–H groups in total. The number of hydrogen-bond donors (Lipinski definition) is 0. The second-order valence-corrected chi connectivity index (χ2v) is 4.24. The summed E-state index contributed by atoms with van der Waals surface area (Å²) in [5.74, 6) is 0.949. The number of halogens is 1. The Hall–Kier alpha value is -0.760. The summed E-state index contributed by atoms with van der Waals surface area (Å²) in [7, 11) is 0. The van der Waals surface area contributed by atoms with Crippen molar-refractivity contribution in [3.63, 3.8) is 0 Å². The summed E-state index contributed by atoms with van der Waals surface area (Å²) in [5.41, 5.74) is 2.64. The van der Waals surface area contributed by atoms with E-state index in [1.807, 2.05) is 12.1 Å². The number of aryl methyl sites for hydroxylation is 1. The van der Waals surface area contributed by atoms with E-state index in [4.69, 9.17) is 4.74 Å². The molecule has 0 fully saturated rings. The quantitative estimate of drug-likeness (QED) is 0.785. The summed E-state index contributed by atoms with van der Waals surface area (Å²) in [5, 5.41) is 0. The van der Waals surface area contributed by atoms with Crippen LogP contribution >= 0.6 is 15.9 Å². The summed E-state index contributed by atoms with van der Waals surface area (Å²) in [4.78, 5) is 0. The van der Waals surface area contributed by atoms with E-state index in [0.29, 0.717) is 0 Å². The minimum atomic E-state index is 0.726. The molecule has 0 radical (unpaired) electrons. The number of hydrogen-bond acceptors (Lipinski definition) is 1. The number of rotatable bonds is 3. The fourth-order valence-corrected chi connectivity index (χ4v) is 1.53. The molecule has 0 saturated carbocycles. The molecule has 1 aromatic rings. The lowest BCUT2D eigenvalue weighted by molar-refractivity contribution is 0.356. The molecule has 1 aromatic carbocycles. The first-order valence-corrected chi connectivity index (χ1v) is 5.11. The zero-order valence-electron chi connectivity index (χ0n) is 7.51. The van der Waals surface area contributed by atoms with Gasteiger partial charge in [0, 0.05) is 10.9 Å². The average Bonchev–Trinajstić information content (AvgIpc) is 2.81. The third-order valence-corrected chi connectivity index (χ3v) is 2.90. The van der Waals surface area contributed by atoms with Gasteiger partial charge in [-0.2, -0.15) is 0 Å². The van der Waals surface area contributed by atoms with Crippen LogP contribution in [0.5, 0.6) is 5.75 Å². The van der Waals surface area contributed by atoms with Gasteiger partial charge in [-0.05, 0) is 24.6 Å². The minimum Gasteiger partial charge on any atom is -0.489 e. The smallest absolute Gasteiger partial charge is 0.119 e.